The number of nitrogens with one attached hydrogen (secondary N) is 2. The van der Waals surface area contributed by atoms with Gasteiger partial charge in [-0.25, -0.2) is 0 Å². The van der Waals surface area contributed by atoms with Crippen LogP contribution in [-0.2, 0) is 17.9 Å². The molecule has 0 saturated heterocycles. The first-order chi connectivity index (χ1) is 13.5. The van der Waals surface area contributed by atoms with Crippen molar-refractivity contribution in [2.45, 2.75) is 39.4 Å². The Bertz CT molecular complexity index is 947. The van der Waals surface area contributed by atoms with E-state index in [9.17, 15) is 9.59 Å². The van der Waals surface area contributed by atoms with E-state index in [0.29, 0.717) is 24.4 Å². The molecule has 28 heavy (non-hydrogen) atoms. The third-order valence-electron chi connectivity index (χ3n) is 4.14. The number of furan rings is 1. The highest BCUT2D eigenvalue weighted by atomic mass is 79.9. The molecule has 0 spiro atoms. The van der Waals surface area contributed by atoms with E-state index in [1.54, 1.807) is 40.1 Å². The van der Waals surface area contributed by atoms with Crippen molar-refractivity contribution in [1.29, 1.82) is 0 Å². The molecule has 0 aromatic carbocycles. The first-order valence-corrected chi connectivity index (χ1v) is 9.69. The molecule has 2 N–H and O–H groups in total. The van der Waals surface area contributed by atoms with Crippen LogP contribution in [-0.4, -0.2) is 31.4 Å². The molecular formula is C18H21BrN6O3. The molecular weight excluding hydrogens is 428 g/mol. The number of carbonyl (C=O) groups excluding carboxylic acids is 2. The highest BCUT2D eigenvalue weighted by Gasteiger charge is 2.24. The maximum Gasteiger partial charge on any atom is 0.274 e. The number of hydrogen-bond acceptors (Lipinski definition) is 5. The summed E-state index contributed by atoms with van der Waals surface area (Å²) in [5, 5.41) is 14.0. The van der Waals surface area contributed by atoms with Gasteiger partial charge in [0.2, 0.25) is 5.91 Å². The molecule has 0 bridgehead atoms. The molecule has 2 amide bonds. The van der Waals surface area contributed by atoms with Crippen molar-refractivity contribution in [2.75, 3.05) is 5.32 Å². The standard InChI is InChI=1S/C18H21BrN6O3/c1-3-15(25-10-12(19)8-21-25)17(26)22-14-11-24(4-2)23-16(14)18(27)20-9-13-6-5-7-28-13/h5-8,10-11,15H,3-4,9H2,1-2H3,(H,20,27)(H,22,26). The van der Waals surface area contributed by atoms with Gasteiger partial charge in [-0.3, -0.25) is 19.0 Å². The molecule has 10 heteroatoms. The molecule has 9 nitrogen and oxygen atoms in total. The first-order valence-electron chi connectivity index (χ1n) is 8.90. The summed E-state index contributed by atoms with van der Waals surface area (Å²) in [4.78, 5) is 25.4. The molecule has 0 saturated carbocycles. The summed E-state index contributed by atoms with van der Waals surface area (Å²) in [5.74, 6) is -0.0354. The fourth-order valence-electron chi connectivity index (χ4n) is 2.70. The number of amides is 2. The Kier molecular flexibility index (Phi) is 6.30. The molecule has 0 radical (unpaired) electrons. The highest BCUT2D eigenvalue weighted by molar-refractivity contribution is 9.10. The predicted octanol–water partition coefficient (Wildman–Crippen LogP) is 2.97. The third-order valence-corrected chi connectivity index (χ3v) is 4.55. The Balaban J connectivity index is 1.76. The normalized spacial score (nSPS) is 12.0. The van der Waals surface area contributed by atoms with Crippen molar-refractivity contribution < 1.29 is 14.0 Å². The molecule has 3 heterocycles. The van der Waals surface area contributed by atoms with Gasteiger partial charge in [0.25, 0.3) is 5.91 Å². The van der Waals surface area contributed by atoms with Gasteiger partial charge in [-0.05, 0) is 41.4 Å². The van der Waals surface area contributed by atoms with Gasteiger partial charge in [-0.1, -0.05) is 6.92 Å². The minimum atomic E-state index is -0.504. The average Bonchev–Trinajstić information content (AvgIpc) is 3.42. The number of aryl methyl sites for hydroxylation is 1. The summed E-state index contributed by atoms with van der Waals surface area (Å²) in [7, 11) is 0. The number of nitrogens with zero attached hydrogens (tertiary/aromatic N) is 4. The summed E-state index contributed by atoms with van der Waals surface area (Å²) in [5.41, 5.74) is 0.506. The Labute approximate surface area is 170 Å². The van der Waals surface area contributed by atoms with E-state index in [2.05, 4.69) is 36.8 Å². The smallest absolute Gasteiger partial charge is 0.274 e. The van der Waals surface area contributed by atoms with E-state index in [1.165, 1.54) is 6.26 Å². The molecule has 3 aromatic heterocycles. The summed E-state index contributed by atoms with van der Waals surface area (Å²) in [6, 6.07) is 3.01. The van der Waals surface area contributed by atoms with Gasteiger partial charge >= 0.3 is 0 Å². The SMILES string of the molecule is CCC(C(=O)Nc1cn(CC)nc1C(=O)NCc1ccco1)n1cc(Br)cn1. The lowest BCUT2D eigenvalue weighted by molar-refractivity contribution is -0.119. The zero-order chi connectivity index (χ0) is 20.1. The van der Waals surface area contributed by atoms with Crippen molar-refractivity contribution in [2.24, 2.45) is 0 Å². The van der Waals surface area contributed by atoms with Crippen LogP contribution >= 0.6 is 15.9 Å². The summed E-state index contributed by atoms with van der Waals surface area (Å²) in [6.07, 6.45) is 7.09. The molecule has 0 fully saturated rings. The highest BCUT2D eigenvalue weighted by Crippen LogP contribution is 2.20. The monoisotopic (exact) mass is 448 g/mol. The summed E-state index contributed by atoms with van der Waals surface area (Å²) in [6.45, 7) is 4.60. The predicted molar refractivity (Wildman–Crippen MR) is 106 cm³/mol. The first kappa shape index (κ1) is 19.9. The van der Waals surface area contributed by atoms with Gasteiger partial charge in [0, 0.05) is 18.9 Å². The second-order valence-corrected chi connectivity index (χ2v) is 6.98. The summed E-state index contributed by atoms with van der Waals surface area (Å²) < 4.78 is 9.19. The molecule has 1 unspecified atom stereocenters. The van der Waals surface area contributed by atoms with Crippen molar-refractivity contribution >= 4 is 33.4 Å². The fourth-order valence-corrected chi connectivity index (χ4v) is 3.00. The number of anilines is 1. The molecule has 0 aliphatic heterocycles. The van der Waals surface area contributed by atoms with Crippen LogP contribution in [0.2, 0.25) is 0 Å². The van der Waals surface area contributed by atoms with Gasteiger partial charge in [0.15, 0.2) is 5.69 Å². The fraction of sp³-hybridized carbons (Fsp3) is 0.333. The van der Waals surface area contributed by atoms with Gasteiger partial charge in [0.1, 0.15) is 11.8 Å². The maximum absolute atomic E-state index is 12.8. The van der Waals surface area contributed by atoms with Crippen molar-refractivity contribution in [3.63, 3.8) is 0 Å². The molecule has 1 atom stereocenters. The quantitative estimate of drug-likeness (QED) is 0.550. The lowest BCUT2D eigenvalue weighted by Crippen LogP contribution is -2.28. The van der Waals surface area contributed by atoms with E-state index >= 15 is 0 Å². The van der Waals surface area contributed by atoms with Gasteiger partial charge in [0.05, 0.1) is 29.2 Å². The van der Waals surface area contributed by atoms with Gasteiger partial charge in [-0.2, -0.15) is 10.2 Å². The minimum Gasteiger partial charge on any atom is -0.467 e. The number of hydrogen-bond donors (Lipinski definition) is 2. The molecule has 0 aliphatic carbocycles. The molecule has 0 aliphatic rings. The van der Waals surface area contributed by atoms with Gasteiger partial charge in [-0.15, -0.1) is 0 Å². The van der Waals surface area contributed by atoms with Crippen LogP contribution in [0.1, 0.15) is 42.6 Å². The van der Waals surface area contributed by atoms with Crippen LogP contribution in [0, 0.1) is 0 Å². The summed E-state index contributed by atoms with van der Waals surface area (Å²) >= 11 is 3.33. The third kappa shape index (κ3) is 4.50. The van der Waals surface area contributed by atoms with Gasteiger partial charge < -0.3 is 15.1 Å². The molecule has 148 valence electrons. The largest absolute Gasteiger partial charge is 0.467 e. The number of carbonyl (C=O) groups is 2. The number of rotatable bonds is 8. The number of aromatic nitrogens is 4. The second-order valence-electron chi connectivity index (χ2n) is 6.06. The van der Waals surface area contributed by atoms with Crippen LogP contribution in [0.15, 0.2) is 45.9 Å². The lowest BCUT2D eigenvalue weighted by atomic mass is 10.2. The van der Waals surface area contributed by atoms with Crippen LogP contribution in [0.25, 0.3) is 0 Å². The van der Waals surface area contributed by atoms with Crippen molar-refractivity contribution in [3.8, 4) is 0 Å². The second kappa shape index (κ2) is 8.87. The van der Waals surface area contributed by atoms with E-state index in [4.69, 9.17) is 4.42 Å². The Morgan fingerprint density at radius 2 is 2.14 bits per heavy atom. The van der Waals surface area contributed by atoms with Crippen LogP contribution in [0.5, 0.6) is 0 Å². The Morgan fingerprint density at radius 3 is 2.75 bits per heavy atom. The van der Waals surface area contributed by atoms with E-state index in [-0.39, 0.29) is 18.1 Å². The minimum absolute atomic E-state index is 0.151. The molecule has 3 aromatic rings. The zero-order valence-electron chi connectivity index (χ0n) is 15.6. The van der Waals surface area contributed by atoms with E-state index in [1.807, 2.05) is 13.8 Å². The number of halogens is 1. The van der Waals surface area contributed by atoms with Crippen molar-refractivity contribution in [3.05, 3.63) is 52.9 Å². The van der Waals surface area contributed by atoms with E-state index < -0.39 is 11.9 Å². The van der Waals surface area contributed by atoms with Crippen molar-refractivity contribution in [1.82, 2.24) is 24.9 Å². The zero-order valence-corrected chi connectivity index (χ0v) is 17.1. The Morgan fingerprint density at radius 1 is 1.32 bits per heavy atom. The molecule has 3 rings (SSSR count). The lowest BCUT2D eigenvalue weighted by Gasteiger charge is -2.15. The van der Waals surface area contributed by atoms with Crippen LogP contribution in [0.4, 0.5) is 5.69 Å². The Hall–Kier alpha value is -2.88. The van der Waals surface area contributed by atoms with Crippen LogP contribution < -0.4 is 10.6 Å². The topological polar surface area (TPSA) is 107 Å². The van der Waals surface area contributed by atoms with E-state index in [0.717, 1.165) is 4.47 Å². The average molecular weight is 449 g/mol. The maximum atomic E-state index is 12.8. The van der Waals surface area contributed by atoms with Crippen LogP contribution in [0.3, 0.4) is 0 Å².